The third-order valence-corrected chi connectivity index (χ3v) is 4.41. The van der Waals surface area contributed by atoms with Crippen molar-refractivity contribution in [3.8, 4) is 17.0 Å². The fourth-order valence-electron chi connectivity index (χ4n) is 3.27. The zero-order valence-electron chi connectivity index (χ0n) is 13.5. The van der Waals surface area contributed by atoms with E-state index < -0.39 is 0 Å². The third kappa shape index (κ3) is 2.11. The van der Waals surface area contributed by atoms with Crippen molar-refractivity contribution in [3.63, 3.8) is 0 Å². The minimum atomic E-state index is 0.198. The van der Waals surface area contributed by atoms with Crippen LogP contribution >= 0.6 is 0 Å². The van der Waals surface area contributed by atoms with Crippen LogP contribution in [0.5, 0.6) is 5.88 Å². The second kappa shape index (κ2) is 5.57. The van der Waals surface area contributed by atoms with Crippen molar-refractivity contribution in [2.24, 2.45) is 0 Å². The van der Waals surface area contributed by atoms with Gasteiger partial charge in [0.15, 0.2) is 0 Å². The second-order valence-corrected chi connectivity index (χ2v) is 6.00. The SMILES string of the molecule is CCCn1cc2nc3c(-c4ccccc4)cccc3c(N)c2c1O. The maximum absolute atomic E-state index is 10.5. The number of aromatic nitrogens is 2. The predicted octanol–water partition coefficient (Wildman–Crippen LogP) is 4.55. The number of nitrogen functional groups attached to an aromatic ring is 1. The summed E-state index contributed by atoms with van der Waals surface area (Å²) < 4.78 is 1.81. The van der Waals surface area contributed by atoms with Crippen LogP contribution in [0.2, 0.25) is 0 Å². The van der Waals surface area contributed by atoms with Gasteiger partial charge in [0.25, 0.3) is 0 Å². The number of para-hydroxylation sites is 1. The Morgan fingerprint density at radius 2 is 1.88 bits per heavy atom. The summed E-state index contributed by atoms with van der Waals surface area (Å²) in [5, 5.41) is 12.0. The molecule has 0 aliphatic heterocycles. The molecule has 4 heteroatoms. The molecule has 0 amide bonds. The van der Waals surface area contributed by atoms with Crippen LogP contribution < -0.4 is 5.73 Å². The average molecular weight is 317 g/mol. The van der Waals surface area contributed by atoms with Crippen LogP contribution in [0, 0.1) is 0 Å². The topological polar surface area (TPSA) is 64.1 Å². The first-order valence-corrected chi connectivity index (χ1v) is 8.16. The molecule has 0 saturated carbocycles. The Hall–Kier alpha value is -3.01. The van der Waals surface area contributed by atoms with E-state index in [-0.39, 0.29) is 5.88 Å². The molecule has 4 nitrogen and oxygen atoms in total. The third-order valence-electron chi connectivity index (χ3n) is 4.41. The molecular weight excluding hydrogens is 298 g/mol. The lowest BCUT2D eigenvalue weighted by Gasteiger charge is -2.09. The molecule has 2 heterocycles. The zero-order chi connectivity index (χ0) is 16.7. The molecule has 0 unspecified atom stereocenters. The molecule has 4 rings (SSSR count). The van der Waals surface area contributed by atoms with E-state index in [2.05, 4.69) is 25.1 Å². The number of hydrogen-bond donors (Lipinski definition) is 2. The number of anilines is 1. The van der Waals surface area contributed by atoms with Gasteiger partial charge in [-0.1, -0.05) is 55.5 Å². The molecule has 3 N–H and O–H groups in total. The summed E-state index contributed by atoms with van der Waals surface area (Å²) in [5.41, 5.74) is 10.7. The highest BCUT2D eigenvalue weighted by molar-refractivity contribution is 6.12. The van der Waals surface area contributed by atoms with E-state index in [1.807, 2.05) is 41.1 Å². The van der Waals surface area contributed by atoms with Gasteiger partial charge in [-0.3, -0.25) is 0 Å². The Balaban J connectivity index is 2.07. The zero-order valence-corrected chi connectivity index (χ0v) is 13.5. The molecule has 2 aromatic carbocycles. The van der Waals surface area contributed by atoms with Crippen molar-refractivity contribution in [1.29, 1.82) is 0 Å². The summed E-state index contributed by atoms with van der Waals surface area (Å²) in [4.78, 5) is 4.82. The van der Waals surface area contributed by atoms with E-state index in [9.17, 15) is 5.11 Å². The first-order valence-electron chi connectivity index (χ1n) is 8.16. The molecule has 0 aliphatic carbocycles. The number of aryl methyl sites for hydroxylation is 1. The van der Waals surface area contributed by atoms with Gasteiger partial charge in [-0.2, -0.15) is 0 Å². The number of pyridine rings is 1. The van der Waals surface area contributed by atoms with E-state index in [1.165, 1.54) is 0 Å². The van der Waals surface area contributed by atoms with Crippen LogP contribution in [-0.2, 0) is 6.54 Å². The monoisotopic (exact) mass is 317 g/mol. The summed E-state index contributed by atoms with van der Waals surface area (Å²) in [6, 6.07) is 16.2. The van der Waals surface area contributed by atoms with Crippen LogP contribution in [-0.4, -0.2) is 14.7 Å². The molecule has 24 heavy (non-hydrogen) atoms. The summed E-state index contributed by atoms with van der Waals surface area (Å²) in [6.07, 6.45) is 2.81. The number of rotatable bonds is 3. The van der Waals surface area contributed by atoms with Crippen molar-refractivity contribution in [2.75, 3.05) is 5.73 Å². The van der Waals surface area contributed by atoms with E-state index in [1.54, 1.807) is 0 Å². The molecular formula is C20H19N3O. The Bertz CT molecular complexity index is 1040. The number of aromatic hydroxyl groups is 1. The molecule has 0 atom stereocenters. The predicted molar refractivity (Wildman–Crippen MR) is 99.0 cm³/mol. The summed E-state index contributed by atoms with van der Waals surface area (Å²) >= 11 is 0. The van der Waals surface area contributed by atoms with E-state index >= 15 is 0 Å². The Labute approximate surface area is 140 Å². The molecule has 0 fully saturated rings. The maximum Gasteiger partial charge on any atom is 0.202 e. The van der Waals surface area contributed by atoms with Gasteiger partial charge in [-0.05, 0) is 12.0 Å². The smallest absolute Gasteiger partial charge is 0.202 e. The number of nitrogens with zero attached hydrogens (tertiary/aromatic N) is 2. The number of hydrogen-bond acceptors (Lipinski definition) is 3. The molecule has 120 valence electrons. The Morgan fingerprint density at radius 3 is 2.62 bits per heavy atom. The van der Waals surface area contributed by atoms with Crippen molar-refractivity contribution in [1.82, 2.24) is 9.55 Å². The van der Waals surface area contributed by atoms with Crippen LogP contribution in [0.25, 0.3) is 32.9 Å². The molecule has 0 bridgehead atoms. The van der Waals surface area contributed by atoms with Crippen molar-refractivity contribution in [3.05, 3.63) is 54.7 Å². The summed E-state index contributed by atoms with van der Waals surface area (Å²) in [5.74, 6) is 0.198. The Kier molecular flexibility index (Phi) is 3.38. The minimum Gasteiger partial charge on any atom is -0.494 e. The van der Waals surface area contributed by atoms with E-state index in [0.29, 0.717) is 11.1 Å². The fraction of sp³-hybridized carbons (Fsp3) is 0.150. The standard InChI is InChI=1S/C20H19N3O/c1-2-11-23-12-16-17(20(23)24)18(21)15-10-6-9-14(19(15)22-16)13-7-4-3-5-8-13/h3-10,12,24H,2,11,21H2,1H3. The average Bonchev–Trinajstić information content (AvgIpc) is 2.92. The van der Waals surface area contributed by atoms with Gasteiger partial charge in [-0.15, -0.1) is 0 Å². The molecule has 4 aromatic rings. The second-order valence-electron chi connectivity index (χ2n) is 6.00. The highest BCUT2D eigenvalue weighted by Crippen LogP contribution is 2.38. The highest BCUT2D eigenvalue weighted by atomic mass is 16.3. The first-order chi connectivity index (χ1) is 11.7. The molecule has 0 radical (unpaired) electrons. The largest absolute Gasteiger partial charge is 0.494 e. The lowest BCUT2D eigenvalue weighted by atomic mass is 10.0. The van der Waals surface area contributed by atoms with Gasteiger partial charge in [0, 0.05) is 23.7 Å². The number of benzene rings is 2. The molecule has 2 aromatic heterocycles. The van der Waals surface area contributed by atoms with Gasteiger partial charge in [0.05, 0.1) is 22.1 Å². The number of fused-ring (bicyclic) bond motifs is 2. The maximum atomic E-state index is 10.5. The van der Waals surface area contributed by atoms with Crippen molar-refractivity contribution < 1.29 is 5.11 Å². The van der Waals surface area contributed by atoms with Crippen LogP contribution in [0.4, 0.5) is 5.69 Å². The molecule has 0 aliphatic rings. The van der Waals surface area contributed by atoms with Gasteiger partial charge < -0.3 is 15.4 Å². The van der Waals surface area contributed by atoms with Gasteiger partial charge in [-0.25, -0.2) is 4.98 Å². The minimum absolute atomic E-state index is 0.198. The highest BCUT2D eigenvalue weighted by Gasteiger charge is 2.17. The number of nitrogens with two attached hydrogens (primary N) is 1. The van der Waals surface area contributed by atoms with Gasteiger partial charge >= 0.3 is 0 Å². The summed E-state index contributed by atoms with van der Waals surface area (Å²) in [6.45, 7) is 2.81. The lowest BCUT2D eigenvalue weighted by Crippen LogP contribution is -1.94. The Morgan fingerprint density at radius 1 is 1.08 bits per heavy atom. The van der Waals surface area contributed by atoms with Crippen molar-refractivity contribution in [2.45, 2.75) is 19.9 Å². The molecule has 0 spiro atoms. The van der Waals surface area contributed by atoms with Gasteiger partial charge in [0.1, 0.15) is 0 Å². The molecule has 0 saturated heterocycles. The summed E-state index contributed by atoms with van der Waals surface area (Å²) in [7, 11) is 0. The first kappa shape index (κ1) is 14.6. The lowest BCUT2D eigenvalue weighted by molar-refractivity contribution is 0.421. The van der Waals surface area contributed by atoms with E-state index in [0.717, 1.165) is 40.5 Å². The van der Waals surface area contributed by atoms with Gasteiger partial charge in [0.2, 0.25) is 5.88 Å². The normalized spacial score (nSPS) is 11.4. The van der Waals surface area contributed by atoms with Crippen LogP contribution in [0.1, 0.15) is 13.3 Å². The van der Waals surface area contributed by atoms with Crippen LogP contribution in [0.15, 0.2) is 54.7 Å². The van der Waals surface area contributed by atoms with Crippen LogP contribution in [0.3, 0.4) is 0 Å². The fourth-order valence-corrected chi connectivity index (χ4v) is 3.27. The quantitative estimate of drug-likeness (QED) is 0.582. The van der Waals surface area contributed by atoms with E-state index in [4.69, 9.17) is 10.7 Å². The van der Waals surface area contributed by atoms with Crippen molar-refractivity contribution >= 4 is 27.5 Å².